The lowest BCUT2D eigenvalue weighted by atomic mass is 10.2. The largest absolute Gasteiger partial charge is 0.487 e. The van der Waals surface area contributed by atoms with Crippen molar-refractivity contribution >= 4 is 17.4 Å². The van der Waals surface area contributed by atoms with E-state index in [0.717, 1.165) is 18.8 Å². The van der Waals surface area contributed by atoms with Crippen molar-refractivity contribution in [2.75, 3.05) is 11.9 Å². The van der Waals surface area contributed by atoms with Crippen molar-refractivity contribution in [3.63, 3.8) is 0 Å². The van der Waals surface area contributed by atoms with Crippen LogP contribution in [-0.4, -0.2) is 11.5 Å². The average Bonchev–Trinajstić information content (AvgIpc) is 2.53. The van der Waals surface area contributed by atoms with E-state index in [-0.39, 0.29) is 6.61 Å². The molecule has 2 aromatic rings. The second kappa shape index (κ2) is 7.51. The fourth-order valence-electron chi connectivity index (χ4n) is 1.71. The number of anilines is 1. The molecule has 0 atom stereocenters. The number of hydrogen-bond donors (Lipinski definition) is 1. The minimum atomic E-state index is 0.284. The SMILES string of the molecule is CCCNc1ccc(Cl)c(COc2ccc(C#N)cc2)n1. The molecule has 108 valence electrons. The number of nitrogens with zero attached hydrogens (tertiary/aromatic N) is 2. The van der Waals surface area contributed by atoms with Crippen molar-refractivity contribution in [3.8, 4) is 11.8 Å². The molecule has 0 saturated heterocycles. The van der Waals surface area contributed by atoms with Gasteiger partial charge in [0.1, 0.15) is 18.2 Å². The van der Waals surface area contributed by atoms with Crippen LogP contribution in [0.5, 0.6) is 5.75 Å². The molecule has 0 bridgehead atoms. The summed E-state index contributed by atoms with van der Waals surface area (Å²) in [6, 6.07) is 12.7. The molecule has 1 aromatic heterocycles. The summed E-state index contributed by atoms with van der Waals surface area (Å²) in [5.41, 5.74) is 1.28. The second-order valence-electron chi connectivity index (χ2n) is 4.48. The first-order valence-corrected chi connectivity index (χ1v) is 7.13. The van der Waals surface area contributed by atoms with E-state index in [1.54, 1.807) is 24.3 Å². The highest BCUT2D eigenvalue weighted by molar-refractivity contribution is 6.31. The highest BCUT2D eigenvalue weighted by atomic mass is 35.5. The van der Waals surface area contributed by atoms with E-state index in [1.165, 1.54) is 0 Å². The Kier molecular flexibility index (Phi) is 5.42. The summed E-state index contributed by atoms with van der Waals surface area (Å²) in [7, 11) is 0. The van der Waals surface area contributed by atoms with Gasteiger partial charge in [-0.15, -0.1) is 0 Å². The van der Waals surface area contributed by atoms with E-state index < -0.39 is 0 Å². The van der Waals surface area contributed by atoms with Crippen LogP contribution < -0.4 is 10.1 Å². The third kappa shape index (κ3) is 4.37. The quantitative estimate of drug-likeness (QED) is 0.876. The lowest BCUT2D eigenvalue weighted by molar-refractivity contribution is 0.301. The number of nitrogens with one attached hydrogen (secondary N) is 1. The van der Waals surface area contributed by atoms with Crippen LogP contribution in [0.1, 0.15) is 24.6 Å². The molecule has 0 radical (unpaired) electrons. The van der Waals surface area contributed by atoms with E-state index in [2.05, 4.69) is 23.3 Å². The minimum absolute atomic E-state index is 0.284. The van der Waals surface area contributed by atoms with Gasteiger partial charge in [0.2, 0.25) is 0 Å². The topological polar surface area (TPSA) is 57.9 Å². The molecule has 1 N–H and O–H groups in total. The molecule has 21 heavy (non-hydrogen) atoms. The van der Waals surface area contributed by atoms with Gasteiger partial charge in [-0.2, -0.15) is 5.26 Å². The van der Waals surface area contributed by atoms with Crippen LogP contribution in [0, 0.1) is 11.3 Å². The van der Waals surface area contributed by atoms with Gasteiger partial charge in [-0.3, -0.25) is 0 Å². The molecule has 2 rings (SSSR count). The third-order valence-corrected chi connectivity index (χ3v) is 3.18. The summed E-state index contributed by atoms with van der Waals surface area (Å²) in [5, 5.41) is 12.5. The molecule has 0 aliphatic heterocycles. The summed E-state index contributed by atoms with van der Waals surface area (Å²) in [6.07, 6.45) is 1.03. The lowest BCUT2D eigenvalue weighted by Gasteiger charge is -2.10. The first kappa shape index (κ1) is 15.1. The maximum Gasteiger partial charge on any atom is 0.132 e. The predicted molar refractivity (Wildman–Crippen MR) is 83.5 cm³/mol. The fraction of sp³-hybridized carbons (Fsp3) is 0.250. The molecule has 4 nitrogen and oxygen atoms in total. The highest BCUT2D eigenvalue weighted by Gasteiger charge is 2.05. The first-order chi connectivity index (χ1) is 10.2. The van der Waals surface area contributed by atoms with Crippen molar-refractivity contribution < 1.29 is 4.74 Å². The number of halogens is 1. The van der Waals surface area contributed by atoms with Gasteiger partial charge in [-0.05, 0) is 42.8 Å². The Balaban J connectivity index is 2.02. The van der Waals surface area contributed by atoms with E-state index in [0.29, 0.717) is 22.0 Å². The number of hydrogen-bond acceptors (Lipinski definition) is 4. The summed E-state index contributed by atoms with van der Waals surface area (Å²) < 4.78 is 5.65. The van der Waals surface area contributed by atoms with E-state index in [9.17, 15) is 0 Å². The fourth-order valence-corrected chi connectivity index (χ4v) is 1.87. The number of aromatic nitrogens is 1. The van der Waals surface area contributed by atoms with E-state index in [4.69, 9.17) is 21.6 Å². The molecule has 5 heteroatoms. The summed E-state index contributed by atoms with van der Waals surface area (Å²) in [4.78, 5) is 4.44. The van der Waals surface area contributed by atoms with Crippen LogP contribution in [0.25, 0.3) is 0 Å². The molecule has 0 fully saturated rings. The van der Waals surface area contributed by atoms with Gasteiger partial charge in [0.15, 0.2) is 0 Å². The summed E-state index contributed by atoms with van der Waals surface area (Å²) in [5.74, 6) is 1.47. The first-order valence-electron chi connectivity index (χ1n) is 6.75. The summed E-state index contributed by atoms with van der Waals surface area (Å²) in [6.45, 7) is 3.24. The molecule has 1 aromatic carbocycles. The second-order valence-corrected chi connectivity index (χ2v) is 4.88. The maximum absolute atomic E-state index is 8.75. The highest BCUT2D eigenvalue weighted by Crippen LogP contribution is 2.19. The van der Waals surface area contributed by atoms with Crippen molar-refractivity contribution in [1.82, 2.24) is 4.98 Å². The van der Waals surface area contributed by atoms with Gasteiger partial charge in [0.05, 0.1) is 22.3 Å². The molecular formula is C16H16ClN3O. The van der Waals surface area contributed by atoms with Crippen LogP contribution in [0.3, 0.4) is 0 Å². The summed E-state index contributed by atoms with van der Waals surface area (Å²) >= 11 is 6.13. The normalized spacial score (nSPS) is 9.95. The molecule has 0 saturated carbocycles. The Bertz CT molecular complexity index is 635. The Labute approximate surface area is 129 Å². The molecule has 0 amide bonds. The number of ether oxygens (including phenoxy) is 1. The number of benzene rings is 1. The Hall–Kier alpha value is -2.25. The zero-order chi connectivity index (χ0) is 15.1. The molecular weight excluding hydrogens is 286 g/mol. The minimum Gasteiger partial charge on any atom is -0.487 e. The van der Waals surface area contributed by atoms with Gasteiger partial charge in [-0.1, -0.05) is 18.5 Å². The number of nitriles is 1. The molecule has 0 aliphatic carbocycles. The van der Waals surface area contributed by atoms with E-state index in [1.807, 2.05) is 12.1 Å². The van der Waals surface area contributed by atoms with Gasteiger partial charge in [0.25, 0.3) is 0 Å². The Morgan fingerprint density at radius 3 is 2.67 bits per heavy atom. The van der Waals surface area contributed by atoms with Gasteiger partial charge in [-0.25, -0.2) is 4.98 Å². The maximum atomic E-state index is 8.75. The smallest absolute Gasteiger partial charge is 0.132 e. The van der Waals surface area contributed by atoms with Crippen molar-refractivity contribution in [2.45, 2.75) is 20.0 Å². The standard InChI is InChI=1S/C16H16ClN3O/c1-2-9-19-16-8-7-14(17)15(20-16)11-21-13-5-3-12(10-18)4-6-13/h3-8H,2,9,11H2,1H3,(H,19,20). The molecule has 0 unspecified atom stereocenters. The van der Waals surface area contributed by atoms with Crippen molar-refractivity contribution in [3.05, 3.63) is 52.7 Å². The molecule has 1 heterocycles. The molecule has 0 aliphatic rings. The zero-order valence-corrected chi connectivity index (χ0v) is 12.5. The van der Waals surface area contributed by atoms with Crippen LogP contribution in [-0.2, 0) is 6.61 Å². The third-order valence-electron chi connectivity index (χ3n) is 2.83. The lowest BCUT2D eigenvalue weighted by Crippen LogP contribution is -2.05. The monoisotopic (exact) mass is 301 g/mol. The zero-order valence-electron chi connectivity index (χ0n) is 11.8. The van der Waals surface area contributed by atoms with Crippen molar-refractivity contribution in [2.24, 2.45) is 0 Å². The van der Waals surface area contributed by atoms with Gasteiger partial charge >= 0.3 is 0 Å². The Morgan fingerprint density at radius 2 is 2.00 bits per heavy atom. The van der Waals surface area contributed by atoms with Gasteiger partial charge < -0.3 is 10.1 Å². The number of rotatable bonds is 6. The van der Waals surface area contributed by atoms with Crippen LogP contribution in [0.15, 0.2) is 36.4 Å². The van der Waals surface area contributed by atoms with Crippen LogP contribution in [0.2, 0.25) is 5.02 Å². The van der Waals surface area contributed by atoms with Gasteiger partial charge in [0, 0.05) is 6.54 Å². The molecule has 0 spiro atoms. The Morgan fingerprint density at radius 1 is 1.24 bits per heavy atom. The predicted octanol–water partition coefficient (Wildman–Crippen LogP) is 4.01. The van der Waals surface area contributed by atoms with Crippen LogP contribution >= 0.6 is 11.6 Å². The van der Waals surface area contributed by atoms with Crippen LogP contribution in [0.4, 0.5) is 5.82 Å². The van der Waals surface area contributed by atoms with Crippen molar-refractivity contribution in [1.29, 1.82) is 5.26 Å². The number of pyridine rings is 1. The van der Waals surface area contributed by atoms with E-state index >= 15 is 0 Å². The average molecular weight is 302 g/mol.